The maximum atomic E-state index is 12.6. The molecule has 1 nitrogen and oxygen atoms in total. The van der Waals surface area contributed by atoms with Crippen LogP contribution in [0.3, 0.4) is 0 Å². The first-order chi connectivity index (χ1) is 8.31. The minimum atomic E-state index is -4.09. The van der Waals surface area contributed by atoms with Gasteiger partial charge in [0.2, 0.25) is 0 Å². The Morgan fingerprint density at radius 1 is 0.895 bits per heavy atom. The van der Waals surface area contributed by atoms with E-state index in [1.807, 2.05) is 0 Å². The predicted octanol–water partition coefficient (Wildman–Crippen LogP) is 4.58. The van der Waals surface area contributed by atoms with Gasteiger partial charge >= 0.3 is 6.18 Å². The highest BCUT2D eigenvalue weighted by Crippen LogP contribution is 2.46. The summed E-state index contributed by atoms with van der Waals surface area (Å²) in [7, 11) is 0. The Hall–Kier alpha value is -0.250. The summed E-state index contributed by atoms with van der Waals surface area (Å²) in [4.78, 5) is 1.58. The van der Waals surface area contributed by atoms with E-state index in [1.165, 1.54) is 0 Å². The molecule has 0 bridgehead atoms. The van der Waals surface area contributed by atoms with E-state index >= 15 is 0 Å². The number of hydrogen-bond acceptors (Lipinski definition) is 1. The number of nitrogens with zero attached hydrogens (tertiary/aromatic N) is 1. The SMILES string of the molecule is CC(C)(C)C1CCN(CC(F)(F)F)CC1C(C)(C)C. The number of hydrogen-bond donors (Lipinski definition) is 0. The van der Waals surface area contributed by atoms with Gasteiger partial charge in [0.25, 0.3) is 0 Å². The Balaban J connectivity index is 2.84. The van der Waals surface area contributed by atoms with Crippen LogP contribution >= 0.6 is 0 Å². The van der Waals surface area contributed by atoms with Crippen LogP contribution in [0.15, 0.2) is 0 Å². The molecule has 2 atom stereocenters. The van der Waals surface area contributed by atoms with E-state index < -0.39 is 12.7 Å². The molecular weight excluding hydrogens is 251 g/mol. The lowest BCUT2D eigenvalue weighted by Gasteiger charge is -2.50. The average Bonchev–Trinajstić information content (AvgIpc) is 2.11. The van der Waals surface area contributed by atoms with Crippen molar-refractivity contribution in [3.63, 3.8) is 0 Å². The van der Waals surface area contributed by atoms with Crippen LogP contribution in [0.5, 0.6) is 0 Å². The lowest BCUT2D eigenvalue weighted by Crippen LogP contribution is -2.51. The molecule has 1 heterocycles. The molecule has 0 aromatic rings. The van der Waals surface area contributed by atoms with Crippen molar-refractivity contribution in [2.24, 2.45) is 22.7 Å². The second-order valence-corrected chi connectivity index (χ2v) is 8.08. The molecule has 1 rings (SSSR count). The van der Waals surface area contributed by atoms with Crippen molar-refractivity contribution in [3.8, 4) is 0 Å². The number of alkyl halides is 3. The molecule has 0 saturated carbocycles. The molecule has 4 heteroatoms. The van der Waals surface area contributed by atoms with Gasteiger partial charge in [0, 0.05) is 6.54 Å². The molecule has 0 aromatic carbocycles. The second kappa shape index (κ2) is 5.27. The van der Waals surface area contributed by atoms with Crippen LogP contribution in [0.2, 0.25) is 0 Å². The van der Waals surface area contributed by atoms with Crippen LogP contribution < -0.4 is 0 Å². The zero-order chi connectivity index (χ0) is 15.1. The van der Waals surface area contributed by atoms with Gasteiger partial charge in [0.05, 0.1) is 6.54 Å². The number of likely N-dealkylation sites (tertiary alicyclic amines) is 1. The van der Waals surface area contributed by atoms with Crippen molar-refractivity contribution in [3.05, 3.63) is 0 Å². The molecule has 0 aliphatic carbocycles. The van der Waals surface area contributed by atoms with Crippen molar-refractivity contribution in [1.29, 1.82) is 0 Å². The van der Waals surface area contributed by atoms with Gasteiger partial charge in [0.1, 0.15) is 0 Å². The molecule has 1 aliphatic heterocycles. The topological polar surface area (TPSA) is 3.24 Å². The molecule has 114 valence electrons. The Morgan fingerprint density at radius 3 is 1.74 bits per heavy atom. The highest BCUT2D eigenvalue weighted by atomic mass is 19.4. The molecule has 0 N–H and O–H groups in total. The summed E-state index contributed by atoms with van der Waals surface area (Å²) in [6.07, 6.45) is -3.22. The van der Waals surface area contributed by atoms with Crippen molar-refractivity contribution in [2.45, 2.75) is 54.1 Å². The first kappa shape index (κ1) is 16.8. The monoisotopic (exact) mass is 279 g/mol. The summed E-state index contributed by atoms with van der Waals surface area (Å²) in [5.74, 6) is 0.792. The summed E-state index contributed by atoms with van der Waals surface area (Å²) < 4.78 is 37.7. The Labute approximate surface area is 115 Å². The molecule has 19 heavy (non-hydrogen) atoms. The standard InChI is InChI=1S/C15H28F3N/c1-13(2,3)11-7-8-19(10-15(16,17)18)9-12(11)14(4,5)6/h11-12H,7-10H2,1-6H3. The number of piperidine rings is 1. The Bertz CT molecular complexity index is 296. The second-order valence-electron chi connectivity index (χ2n) is 8.08. The molecule has 0 amide bonds. The third kappa shape index (κ3) is 4.97. The van der Waals surface area contributed by atoms with Gasteiger partial charge in [-0.25, -0.2) is 0 Å². The molecule has 0 radical (unpaired) electrons. The Kier molecular flexibility index (Phi) is 4.66. The van der Waals surface area contributed by atoms with Gasteiger partial charge in [-0.1, -0.05) is 41.5 Å². The van der Waals surface area contributed by atoms with Gasteiger partial charge in [0.15, 0.2) is 0 Å². The highest BCUT2D eigenvalue weighted by molar-refractivity contribution is 4.92. The quantitative estimate of drug-likeness (QED) is 0.679. The van der Waals surface area contributed by atoms with E-state index in [1.54, 1.807) is 4.90 Å². The molecule has 0 aromatic heterocycles. The molecular formula is C15H28F3N. The fourth-order valence-corrected chi connectivity index (χ4v) is 3.33. The summed E-state index contributed by atoms with van der Waals surface area (Å²) in [6.45, 7) is 13.4. The fourth-order valence-electron chi connectivity index (χ4n) is 3.33. The lowest BCUT2D eigenvalue weighted by atomic mass is 9.61. The molecule has 0 spiro atoms. The summed E-state index contributed by atoms with van der Waals surface area (Å²) >= 11 is 0. The third-order valence-corrected chi connectivity index (χ3v) is 4.32. The zero-order valence-electron chi connectivity index (χ0n) is 13.1. The third-order valence-electron chi connectivity index (χ3n) is 4.32. The maximum Gasteiger partial charge on any atom is 0.401 e. The fraction of sp³-hybridized carbons (Fsp3) is 1.00. The number of halogens is 3. The minimum absolute atomic E-state index is 0.0439. The van der Waals surface area contributed by atoms with Gasteiger partial charge in [-0.15, -0.1) is 0 Å². The van der Waals surface area contributed by atoms with Gasteiger partial charge in [-0.05, 0) is 35.6 Å². The molecule has 1 fully saturated rings. The molecule has 2 unspecified atom stereocenters. The van der Waals surface area contributed by atoms with E-state index in [0.29, 0.717) is 24.9 Å². The smallest absolute Gasteiger partial charge is 0.295 e. The van der Waals surface area contributed by atoms with Crippen LogP contribution in [-0.2, 0) is 0 Å². The van der Waals surface area contributed by atoms with Crippen LogP contribution in [0.25, 0.3) is 0 Å². The summed E-state index contributed by atoms with van der Waals surface area (Å²) in [6, 6.07) is 0. The highest BCUT2D eigenvalue weighted by Gasteiger charge is 2.44. The summed E-state index contributed by atoms with van der Waals surface area (Å²) in [5, 5.41) is 0. The number of rotatable bonds is 1. The van der Waals surface area contributed by atoms with Crippen LogP contribution in [0.4, 0.5) is 13.2 Å². The van der Waals surface area contributed by atoms with Gasteiger partial charge < -0.3 is 0 Å². The minimum Gasteiger partial charge on any atom is -0.295 e. The lowest BCUT2D eigenvalue weighted by molar-refractivity contribution is -0.156. The molecule has 1 aliphatic rings. The van der Waals surface area contributed by atoms with E-state index in [4.69, 9.17) is 0 Å². The van der Waals surface area contributed by atoms with Gasteiger partial charge in [-0.2, -0.15) is 13.2 Å². The van der Waals surface area contributed by atoms with E-state index in [-0.39, 0.29) is 10.8 Å². The largest absolute Gasteiger partial charge is 0.401 e. The van der Waals surface area contributed by atoms with E-state index in [9.17, 15) is 13.2 Å². The van der Waals surface area contributed by atoms with Crippen molar-refractivity contribution in [1.82, 2.24) is 4.90 Å². The van der Waals surface area contributed by atoms with Crippen LogP contribution in [-0.4, -0.2) is 30.7 Å². The molecule has 1 saturated heterocycles. The summed E-state index contributed by atoms with van der Waals surface area (Å²) in [5.41, 5.74) is 0.199. The van der Waals surface area contributed by atoms with E-state index in [2.05, 4.69) is 41.5 Å². The first-order valence-electron chi connectivity index (χ1n) is 7.10. The normalized spacial score (nSPS) is 27.6. The van der Waals surface area contributed by atoms with Crippen molar-refractivity contribution >= 4 is 0 Å². The van der Waals surface area contributed by atoms with Crippen LogP contribution in [0.1, 0.15) is 48.0 Å². The average molecular weight is 279 g/mol. The van der Waals surface area contributed by atoms with Gasteiger partial charge in [-0.3, -0.25) is 4.90 Å². The maximum absolute atomic E-state index is 12.6. The van der Waals surface area contributed by atoms with Crippen molar-refractivity contribution < 1.29 is 13.2 Å². The predicted molar refractivity (Wildman–Crippen MR) is 73.0 cm³/mol. The van der Waals surface area contributed by atoms with Crippen LogP contribution in [0, 0.1) is 22.7 Å². The zero-order valence-corrected chi connectivity index (χ0v) is 13.1. The van der Waals surface area contributed by atoms with E-state index in [0.717, 1.165) is 6.42 Å². The first-order valence-corrected chi connectivity index (χ1v) is 7.10. The van der Waals surface area contributed by atoms with Crippen molar-refractivity contribution in [2.75, 3.05) is 19.6 Å². The Morgan fingerprint density at radius 2 is 1.37 bits per heavy atom.